The first kappa shape index (κ1) is 7.76. The molecule has 0 amide bonds. The third-order valence-electron chi connectivity index (χ3n) is 2.13. The van der Waals surface area contributed by atoms with Crippen molar-refractivity contribution in [2.75, 3.05) is 0 Å². The molecule has 0 radical (unpaired) electrons. The van der Waals surface area contributed by atoms with Crippen LogP contribution in [-0.2, 0) is 4.79 Å². The van der Waals surface area contributed by atoms with Gasteiger partial charge < -0.3 is 14.8 Å². The van der Waals surface area contributed by atoms with Gasteiger partial charge in [0.1, 0.15) is 6.29 Å². The van der Waals surface area contributed by atoms with Gasteiger partial charge in [0.25, 0.3) is 0 Å². The third kappa shape index (κ3) is 1.58. The highest BCUT2D eigenvalue weighted by Crippen LogP contribution is 2.34. The summed E-state index contributed by atoms with van der Waals surface area (Å²) in [4.78, 5) is 10.2. The highest BCUT2D eigenvalue weighted by molar-refractivity contribution is 6.43. The Morgan fingerprint density at radius 2 is 2.10 bits per heavy atom. The molecular formula is C6H11BO3. The topological polar surface area (TPSA) is 57.5 Å². The average Bonchev–Trinajstić information content (AvgIpc) is 2.34. The van der Waals surface area contributed by atoms with Crippen LogP contribution in [0.15, 0.2) is 0 Å². The van der Waals surface area contributed by atoms with E-state index in [1.54, 1.807) is 0 Å². The Morgan fingerprint density at radius 3 is 2.40 bits per heavy atom. The maximum Gasteiger partial charge on any atom is 0.454 e. The smallest absolute Gasteiger partial charge is 0.427 e. The van der Waals surface area contributed by atoms with Gasteiger partial charge in [-0.2, -0.15) is 0 Å². The van der Waals surface area contributed by atoms with Crippen LogP contribution in [0, 0.1) is 5.92 Å². The minimum atomic E-state index is -1.23. The maximum absolute atomic E-state index is 10.2. The van der Waals surface area contributed by atoms with Gasteiger partial charge in [0.15, 0.2) is 0 Å². The molecule has 1 fully saturated rings. The van der Waals surface area contributed by atoms with E-state index in [0.717, 1.165) is 19.1 Å². The first-order chi connectivity index (χ1) is 4.74. The van der Waals surface area contributed by atoms with E-state index in [1.807, 2.05) is 0 Å². The van der Waals surface area contributed by atoms with Crippen LogP contribution in [0.2, 0.25) is 5.82 Å². The summed E-state index contributed by atoms with van der Waals surface area (Å²) in [5, 5.41) is 17.4. The van der Waals surface area contributed by atoms with E-state index >= 15 is 0 Å². The van der Waals surface area contributed by atoms with E-state index in [4.69, 9.17) is 10.0 Å². The molecule has 10 heavy (non-hydrogen) atoms. The number of aldehydes is 1. The lowest BCUT2D eigenvalue weighted by atomic mass is 9.71. The summed E-state index contributed by atoms with van der Waals surface area (Å²) >= 11 is 0. The fraction of sp³-hybridized carbons (Fsp3) is 0.833. The van der Waals surface area contributed by atoms with Crippen molar-refractivity contribution < 1.29 is 14.8 Å². The molecule has 4 heteroatoms. The number of rotatable bonds is 2. The van der Waals surface area contributed by atoms with Gasteiger partial charge >= 0.3 is 7.12 Å². The molecule has 1 rings (SSSR count). The molecule has 2 unspecified atom stereocenters. The normalized spacial score (nSPS) is 32.2. The first-order valence-electron chi connectivity index (χ1n) is 3.55. The molecule has 2 N–H and O–H groups in total. The third-order valence-corrected chi connectivity index (χ3v) is 2.13. The second-order valence-electron chi connectivity index (χ2n) is 2.88. The van der Waals surface area contributed by atoms with Crippen molar-refractivity contribution in [1.29, 1.82) is 0 Å². The van der Waals surface area contributed by atoms with Crippen molar-refractivity contribution >= 4 is 13.4 Å². The van der Waals surface area contributed by atoms with Crippen molar-refractivity contribution in [3.05, 3.63) is 0 Å². The molecule has 56 valence electrons. The molecule has 0 heterocycles. The second-order valence-corrected chi connectivity index (χ2v) is 2.88. The van der Waals surface area contributed by atoms with Crippen LogP contribution < -0.4 is 0 Å². The summed E-state index contributed by atoms with van der Waals surface area (Å²) in [5.41, 5.74) is 0. The molecule has 0 aromatic heterocycles. The summed E-state index contributed by atoms with van der Waals surface area (Å²) in [6.45, 7) is 0. The van der Waals surface area contributed by atoms with E-state index in [1.165, 1.54) is 0 Å². The van der Waals surface area contributed by atoms with Crippen LogP contribution >= 0.6 is 0 Å². The van der Waals surface area contributed by atoms with Crippen LogP contribution in [0.1, 0.15) is 19.3 Å². The van der Waals surface area contributed by atoms with Gasteiger partial charge in [-0.05, 0) is 18.7 Å². The Balaban J connectivity index is 2.35. The van der Waals surface area contributed by atoms with Crippen molar-refractivity contribution in [2.24, 2.45) is 5.92 Å². The van der Waals surface area contributed by atoms with Crippen molar-refractivity contribution in [1.82, 2.24) is 0 Å². The van der Waals surface area contributed by atoms with E-state index in [-0.39, 0.29) is 11.7 Å². The van der Waals surface area contributed by atoms with Crippen molar-refractivity contribution in [3.63, 3.8) is 0 Å². The molecule has 0 aromatic rings. The molecule has 1 aliphatic carbocycles. The van der Waals surface area contributed by atoms with Crippen LogP contribution in [0.25, 0.3) is 0 Å². The molecule has 1 aliphatic rings. The lowest BCUT2D eigenvalue weighted by molar-refractivity contribution is -0.110. The summed E-state index contributed by atoms with van der Waals surface area (Å²) < 4.78 is 0. The molecule has 3 nitrogen and oxygen atoms in total. The minimum absolute atomic E-state index is 0.0619. The van der Waals surface area contributed by atoms with Crippen LogP contribution in [0.5, 0.6) is 0 Å². The van der Waals surface area contributed by atoms with E-state index in [0.29, 0.717) is 6.42 Å². The maximum atomic E-state index is 10.2. The minimum Gasteiger partial charge on any atom is -0.427 e. The molecule has 0 aliphatic heterocycles. The predicted molar refractivity (Wildman–Crippen MR) is 37.3 cm³/mol. The second kappa shape index (κ2) is 3.17. The monoisotopic (exact) mass is 142 g/mol. The molecule has 0 spiro atoms. The zero-order valence-electron chi connectivity index (χ0n) is 5.73. The largest absolute Gasteiger partial charge is 0.454 e. The van der Waals surface area contributed by atoms with Gasteiger partial charge in [-0.25, -0.2) is 0 Å². The molecule has 0 bridgehead atoms. The number of hydrogen-bond donors (Lipinski definition) is 2. The molecular weight excluding hydrogens is 131 g/mol. The molecule has 0 saturated heterocycles. The zero-order chi connectivity index (χ0) is 7.56. The highest BCUT2D eigenvalue weighted by Gasteiger charge is 2.32. The summed E-state index contributed by atoms with van der Waals surface area (Å²) in [7, 11) is -1.23. The quantitative estimate of drug-likeness (QED) is 0.415. The Morgan fingerprint density at radius 1 is 1.40 bits per heavy atom. The van der Waals surface area contributed by atoms with Gasteiger partial charge in [0, 0.05) is 5.92 Å². The highest BCUT2D eigenvalue weighted by atomic mass is 16.4. The fourth-order valence-electron chi connectivity index (χ4n) is 1.45. The van der Waals surface area contributed by atoms with Crippen molar-refractivity contribution in [2.45, 2.75) is 25.1 Å². The Hall–Kier alpha value is -0.345. The summed E-state index contributed by atoms with van der Waals surface area (Å²) in [6, 6.07) is 0. The standard InChI is InChI=1S/C6H11BO3/c8-4-5-1-2-6(3-5)7(9)10/h4-6,9-10H,1-3H2. The van der Waals surface area contributed by atoms with E-state index < -0.39 is 7.12 Å². The van der Waals surface area contributed by atoms with E-state index in [2.05, 4.69) is 0 Å². The van der Waals surface area contributed by atoms with Gasteiger partial charge in [0.2, 0.25) is 0 Å². The Bertz CT molecular complexity index is 126. The molecule has 0 aromatic carbocycles. The summed E-state index contributed by atoms with van der Waals surface area (Å²) in [5.74, 6) is -0.0120. The van der Waals surface area contributed by atoms with Gasteiger partial charge in [-0.15, -0.1) is 0 Å². The number of carbonyl (C=O) groups excluding carboxylic acids is 1. The van der Waals surface area contributed by atoms with Crippen molar-refractivity contribution in [3.8, 4) is 0 Å². The Labute approximate surface area is 60.2 Å². The average molecular weight is 142 g/mol. The lowest BCUT2D eigenvalue weighted by Crippen LogP contribution is -2.17. The van der Waals surface area contributed by atoms with Crippen LogP contribution in [0.3, 0.4) is 0 Å². The van der Waals surface area contributed by atoms with Gasteiger partial charge in [-0.1, -0.05) is 6.42 Å². The predicted octanol–water partition coefficient (Wildman–Crippen LogP) is -0.172. The lowest BCUT2D eigenvalue weighted by Gasteiger charge is -2.04. The Kier molecular flexibility index (Phi) is 2.46. The van der Waals surface area contributed by atoms with Crippen LogP contribution in [-0.4, -0.2) is 23.5 Å². The fourth-order valence-corrected chi connectivity index (χ4v) is 1.45. The SMILES string of the molecule is O=CC1CCC(B(O)O)C1. The molecule has 2 atom stereocenters. The number of hydrogen-bond acceptors (Lipinski definition) is 3. The summed E-state index contributed by atoms with van der Waals surface area (Å²) in [6.07, 6.45) is 3.12. The molecule has 1 saturated carbocycles. The zero-order valence-corrected chi connectivity index (χ0v) is 5.73. The van der Waals surface area contributed by atoms with E-state index in [9.17, 15) is 4.79 Å². The first-order valence-corrected chi connectivity index (χ1v) is 3.55. The van der Waals surface area contributed by atoms with Crippen LogP contribution in [0.4, 0.5) is 0 Å². The van der Waals surface area contributed by atoms with Gasteiger partial charge in [0.05, 0.1) is 0 Å². The van der Waals surface area contributed by atoms with Gasteiger partial charge in [-0.3, -0.25) is 0 Å². The number of carbonyl (C=O) groups is 1.